The van der Waals surface area contributed by atoms with E-state index < -0.39 is 0 Å². The summed E-state index contributed by atoms with van der Waals surface area (Å²) in [5, 5.41) is 5.68. The number of urea groups is 1. The van der Waals surface area contributed by atoms with Crippen LogP contribution in [0.5, 0.6) is 0 Å². The quantitative estimate of drug-likeness (QED) is 0.882. The fourth-order valence-corrected chi connectivity index (χ4v) is 1.99. The number of benzene rings is 1. The van der Waals surface area contributed by atoms with Gasteiger partial charge in [0.05, 0.1) is 6.04 Å². The molecule has 0 saturated heterocycles. The zero-order valence-electron chi connectivity index (χ0n) is 12.1. The van der Waals surface area contributed by atoms with Gasteiger partial charge in [-0.15, -0.1) is 0 Å². The first-order valence-electron chi connectivity index (χ1n) is 6.81. The predicted molar refractivity (Wildman–Crippen MR) is 79.8 cm³/mol. The van der Waals surface area contributed by atoms with Gasteiger partial charge in [0.25, 0.3) is 0 Å². The van der Waals surface area contributed by atoms with Gasteiger partial charge in [-0.25, -0.2) is 4.79 Å². The van der Waals surface area contributed by atoms with Crippen LogP contribution in [0.15, 0.2) is 40.8 Å². The van der Waals surface area contributed by atoms with Crippen LogP contribution < -0.4 is 10.6 Å². The molecule has 0 bridgehead atoms. The van der Waals surface area contributed by atoms with Gasteiger partial charge in [0, 0.05) is 5.69 Å². The van der Waals surface area contributed by atoms with Gasteiger partial charge in [-0.05, 0) is 50.1 Å². The second-order valence-electron chi connectivity index (χ2n) is 4.82. The monoisotopic (exact) mass is 272 g/mol. The number of rotatable bonds is 4. The van der Waals surface area contributed by atoms with Crippen molar-refractivity contribution in [2.45, 2.75) is 33.2 Å². The second-order valence-corrected chi connectivity index (χ2v) is 4.82. The minimum absolute atomic E-state index is 0.168. The highest BCUT2D eigenvalue weighted by atomic mass is 16.3. The molecular weight excluding hydrogens is 252 g/mol. The van der Waals surface area contributed by atoms with Crippen LogP contribution in [0, 0.1) is 6.92 Å². The van der Waals surface area contributed by atoms with Gasteiger partial charge < -0.3 is 15.1 Å². The Hall–Kier alpha value is -2.23. The maximum Gasteiger partial charge on any atom is 0.319 e. The standard InChI is InChI=1S/C16H20N2O2/c1-4-13-6-5-7-14(10-13)18-16(19)17-12(3)15-9-8-11(2)20-15/h5-10,12H,4H2,1-3H3,(H2,17,18,19)/t12-/m1/s1. The average Bonchev–Trinajstić information content (AvgIpc) is 2.85. The number of carbonyl (C=O) groups is 1. The first kappa shape index (κ1) is 14.2. The summed E-state index contributed by atoms with van der Waals surface area (Å²) in [6.07, 6.45) is 0.944. The van der Waals surface area contributed by atoms with Crippen LogP contribution in [0.25, 0.3) is 0 Å². The van der Waals surface area contributed by atoms with Gasteiger partial charge in [-0.2, -0.15) is 0 Å². The lowest BCUT2D eigenvalue weighted by molar-refractivity contribution is 0.247. The zero-order valence-corrected chi connectivity index (χ0v) is 12.1. The van der Waals surface area contributed by atoms with E-state index in [1.165, 1.54) is 5.56 Å². The minimum Gasteiger partial charge on any atom is -0.464 e. The normalized spacial score (nSPS) is 11.9. The Bertz CT molecular complexity index is 590. The van der Waals surface area contributed by atoms with Gasteiger partial charge in [-0.3, -0.25) is 0 Å². The van der Waals surface area contributed by atoms with Crippen LogP contribution in [0.4, 0.5) is 10.5 Å². The molecule has 0 aliphatic heterocycles. The fraction of sp³-hybridized carbons (Fsp3) is 0.312. The first-order valence-corrected chi connectivity index (χ1v) is 6.81. The third kappa shape index (κ3) is 3.63. The number of anilines is 1. The summed E-state index contributed by atoms with van der Waals surface area (Å²) in [6.45, 7) is 5.85. The van der Waals surface area contributed by atoms with Gasteiger partial charge in [0.15, 0.2) is 0 Å². The topological polar surface area (TPSA) is 54.3 Å². The van der Waals surface area contributed by atoms with Gasteiger partial charge >= 0.3 is 6.03 Å². The Morgan fingerprint density at radius 3 is 2.75 bits per heavy atom. The number of carbonyl (C=O) groups excluding carboxylic acids is 1. The highest BCUT2D eigenvalue weighted by Crippen LogP contribution is 2.16. The molecule has 0 saturated carbocycles. The third-order valence-electron chi connectivity index (χ3n) is 3.13. The lowest BCUT2D eigenvalue weighted by Gasteiger charge is -2.13. The molecule has 2 amide bonds. The van der Waals surface area contributed by atoms with Crippen LogP contribution in [-0.2, 0) is 6.42 Å². The van der Waals surface area contributed by atoms with Gasteiger partial charge in [0.1, 0.15) is 11.5 Å². The molecule has 0 unspecified atom stereocenters. The molecule has 0 spiro atoms. The highest BCUT2D eigenvalue weighted by Gasteiger charge is 2.12. The van der Waals surface area contributed by atoms with Crippen LogP contribution in [0.1, 0.15) is 37.0 Å². The number of aryl methyl sites for hydroxylation is 2. The van der Waals surface area contributed by atoms with E-state index in [2.05, 4.69) is 17.6 Å². The molecule has 20 heavy (non-hydrogen) atoms. The second kappa shape index (κ2) is 6.28. The maximum absolute atomic E-state index is 11.9. The van der Waals surface area contributed by atoms with E-state index >= 15 is 0 Å². The van der Waals surface area contributed by atoms with Crippen LogP contribution >= 0.6 is 0 Å². The van der Waals surface area contributed by atoms with Crippen molar-refractivity contribution in [1.29, 1.82) is 0 Å². The largest absolute Gasteiger partial charge is 0.464 e. The molecule has 1 heterocycles. The SMILES string of the molecule is CCc1cccc(NC(=O)N[C@H](C)c2ccc(C)o2)c1. The molecule has 4 nitrogen and oxygen atoms in total. The zero-order chi connectivity index (χ0) is 14.5. The molecule has 1 aromatic carbocycles. The molecular formula is C16H20N2O2. The van der Waals surface area contributed by atoms with Crippen molar-refractivity contribution in [2.24, 2.45) is 0 Å². The Kier molecular flexibility index (Phi) is 4.45. The molecule has 0 aliphatic carbocycles. The van der Waals surface area contributed by atoms with Crippen LogP contribution in [0.3, 0.4) is 0 Å². The highest BCUT2D eigenvalue weighted by molar-refractivity contribution is 5.89. The first-order chi connectivity index (χ1) is 9.58. The minimum atomic E-state index is -0.236. The van der Waals surface area contributed by atoms with Crippen LogP contribution in [-0.4, -0.2) is 6.03 Å². The Morgan fingerprint density at radius 1 is 1.30 bits per heavy atom. The Labute approximate surface area is 119 Å². The van der Waals surface area contributed by atoms with Crippen molar-refractivity contribution in [2.75, 3.05) is 5.32 Å². The van der Waals surface area contributed by atoms with E-state index in [1.807, 2.05) is 50.2 Å². The summed E-state index contributed by atoms with van der Waals surface area (Å²) in [5.74, 6) is 1.59. The van der Waals surface area contributed by atoms with E-state index in [0.717, 1.165) is 23.6 Å². The average molecular weight is 272 g/mol. The molecule has 2 rings (SSSR count). The van der Waals surface area contributed by atoms with E-state index in [4.69, 9.17) is 4.42 Å². The molecule has 0 fully saturated rings. The molecule has 2 aromatic rings. The Balaban J connectivity index is 1.95. The summed E-state index contributed by atoms with van der Waals surface area (Å²) in [4.78, 5) is 11.9. The molecule has 0 radical (unpaired) electrons. The molecule has 0 aliphatic rings. The van der Waals surface area contributed by atoms with Crippen molar-refractivity contribution in [3.05, 3.63) is 53.5 Å². The van der Waals surface area contributed by atoms with Crippen molar-refractivity contribution in [3.63, 3.8) is 0 Å². The fourth-order valence-electron chi connectivity index (χ4n) is 1.99. The van der Waals surface area contributed by atoms with E-state index in [1.54, 1.807) is 0 Å². The molecule has 2 N–H and O–H groups in total. The molecule has 106 valence electrons. The maximum atomic E-state index is 11.9. The summed E-state index contributed by atoms with van der Waals surface area (Å²) >= 11 is 0. The van der Waals surface area contributed by atoms with Crippen molar-refractivity contribution >= 4 is 11.7 Å². The summed E-state index contributed by atoms with van der Waals surface area (Å²) < 4.78 is 5.49. The van der Waals surface area contributed by atoms with Crippen molar-refractivity contribution in [1.82, 2.24) is 5.32 Å². The van der Waals surface area contributed by atoms with Crippen LogP contribution in [0.2, 0.25) is 0 Å². The number of nitrogens with one attached hydrogen (secondary N) is 2. The van der Waals surface area contributed by atoms with E-state index in [-0.39, 0.29) is 12.1 Å². The molecule has 4 heteroatoms. The third-order valence-corrected chi connectivity index (χ3v) is 3.13. The lowest BCUT2D eigenvalue weighted by atomic mass is 10.1. The lowest BCUT2D eigenvalue weighted by Crippen LogP contribution is -2.30. The number of hydrogen-bond acceptors (Lipinski definition) is 2. The summed E-state index contributed by atoms with van der Waals surface area (Å²) in [5.41, 5.74) is 1.99. The number of furan rings is 1. The molecule has 1 aromatic heterocycles. The summed E-state index contributed by atoms with van der Waals surface area (Å²) in [7, 11) is 0. The smallest absolute Gasteiger partial charge is 0.319 e. The van der Waals surface area contributed by atoms with E-state index in [9.17, 15) is 4.79 Å². The van der Waals surface area contributed by atoms with E-state index in [0.29, 0.717) is 0 Å². The number of hydrogen-bond donors (Lipinski definition) is 2. The van der Waals surface area contributed by atoms with Crippen molar-refractivity contribution in [3.8, 4) is 0 Å². The summed E-state index contributed by atoms with van der Waals surface area (Å²) in [6, 6.07) is 11.2. The predicted octanol–water partition coefficient (Wildman–Crippen LogP) is 4.03. The number of amides is 2. The molecule has 1 atom stereocenters. The van der Waals surface area contributed by atoms with Gasteiger partial charge in [0.2, 0.25) is 0 Å². The van der Waals surface area contributed by atoms with Crippen molar-refractivity contribution < 1.29 is 9.21 Å². The Morgan fingerprint density at radius 2 is 2.10 bits per heavy atom. The van der Waals surface area contributed by atoms with Gasteiger partial charge in [-0.1, -0.05) is 19.1 Å².